The molecule has 0 aromatic heterocycles. The zero-order chi connectivity index (χ0) is 10.1. The fourth-order valence-electron chi connectivity index (χ4n) is 3.69. The van der Waals surface area contributed by atoms with E-state index in [0.29, 0.717) is 11.8 Å². The molecule has 0 aliphatic heterocycles. The molecule has 1 heteroatoms. The molecule has 80 valence electrons. The van der Waals surface area contributed by atoms with Crippen LogP contribution in [-0.4, -0.2) is 6.29 Å². The first-order chi connectivity index (χ1) is 6.72. The Morgan fingerprint density at radius 2 is 1.86 bits per heavy atom. The van der Waals surface area contributed by atoms with Crippen LogP contribution in [-0.2, 0) is 4.79 Å². The summed E-state index contributed by atoms with van der Waals surface area (Å²) in [4.78, 5) is 11.1. The summed E-state index contributed by atoms with van der Waals surface area (Å²) >= 11 is 0. The standard InChI is InChI=1S/C13H22O/c1-9-3-6-12-11(7-9)5-4-10(2)13(12)8-14/h8-13H,3-7H2,1-2H3. The van der Waals surface area contributed by atoms with Gasteiger partial charge in [0.05, 0.1) is 0 Å². The summed E-state index contributed by atoms with van der Waals surface area (Å²) in [5.74, 6) is 3.51. The van der Waals surface area contributed by atoms with Crippen LogP contribution in [0.25, 0.3) is 0 Å². The molecule has 5 unspecified atom stereocenters. The first-order valence-electron chi connectivity index (χ1n) is 6.17. The summed E-state index contributed by atoms with van der Waals surface area (Å²) < 4.78 is 0. The van der Waals surface area contributed by atoms with Crippen LogP contribution in [0.4, 0.5) is 0 Å². The molecule has 0 spiro atoms. The molecule has 0 aromatic carbocycles. The van der Waals surface area contributed by atoms with Crippen LogP contribution in [0.3, 0.4) is 0 Å². The molecular weight excluding hydrogens is 172 g/mol. The van der Waals surface area contributed by atoms with E-state index < -0.39 is 0 Å². The summed E-state index contributed by atoms with van der Waals surface area (Å²) in [5.41, 5.74) is 0. The van der Waals surface area contributed by atoms with Crippen LogP contribution >= 0.6 is 0 Å². The second kappa shape index (κ2) is 4.04. The van der Waals surface area contributed by atoms with Gasteiger partial charge in [0, 0.05) is 5.92 Å². The minimum Gasteiger partial charge on any atom is -0.303 e. The lowest BCUT2D eigenvalue weighted by Crippen LogP contribution is -2.38. The lowest BCUT2D eigenvalue weighted by atomic mass is 9.61. The van der Waals surface area contributed by atoms with Crippen LogP contribution in [0.15, 0.2) is 0 Å². The number of carbonyl (C=O) groups excluding carboxylic acids is 1. The van der Waals surface area contributed by atoms with E-state index in [1.54, 1.807) is 0 Å². The number of hydrogen-bond donors (Lipinski definition) is 0. The number of fused-ring (bicyclic) bond motifs is 1. The van der Waals surface area contributed by atoms with E-state index in [-0.39, 0.29) is 0 Å². The van der Waals surface area contributed by atoms with Crippen LogP contribution in [0, 0.1) is 29.6 Å². The second-order valence-corrected chi connectivity index (χ2v) is 5.61. The van der Waals surface area contributed by atoms with E-state index in [9.17, 15) is 4.79 Å². The van der Waals surface area contributed by atoms with Gasteiger partial charge in [-0.05, 0) is 49.4 Å². The molecule has 0 amide bonds. The predicted octanol–water partition coefficient (Wildman–Crippen LogP) is 3.28. The zero-order valence-corrected chi connectivity index (χ0v) is 9.41. The Bertz CT molecular complexity index is 211. The lowest BCUT2D eigenvalue weighted by Gasteiger charge is -2.44. The summed E-state index contributed by atoms with van der Waals surface area (Å²) in [6.45, 7) is 4.62. The molecule has 0 N–H and O–H groups in total. The number of hydrogen-bond acceptors (Lipinski definition) is 1. The summed E-state index contributed by atoms with van der Waals surface area (Å²) in [6, 6.07) is 0. The van der Waals surface area contributed by atoms with Gasteiger partial charge >= 0.3 is 0 Å². The molecule has 0 saturated heterocycles. The van der Waals surface area contributed by atoms with Gasteiger partial charge in [-0.1, -0.05) is 20.3 Å². The molecule has 2 aliphatic rings. The van der Waals surface area contributed by atoms with Gasteiger partial charge in [0.1, 0.15) is 6.29 Å². The third-order valence-electron chi connectivity index (χ3n) is 4.60. The van der Waals surface area contributed by atoms with Crippen molar-refractivity contribution in [1.82, 2.24) is 0 Å². The summed E-state index contributed by atoms with van der Waals surface area (Å²) in [6.07, 6.45) is 7.93. The normalized spacial score (nSPS) is 48.3. The molecule has 0 bridgehead atoms. The highest BCUT2D eigenvalue weighted by Crippen LogP contribution is 2.46. The van der Waals surface area contributed by atoms with Crippen molar-refractivity contribution in [3.63, 3.8) is 0 Å². The minimum absolute atomic E-state index is 0.376. The van der Waals surface area contributed by atoms with Crippen molar-refractivity contribution < 1.29 is 4.79 Å². The highest BCUT2D eigenvalue weighted by atomic mass is 16.1. The molecule has 1 nitrogen and oxygen atoms in total. The molecule has 0 heterocycles. The fraction of sp³-hybridized carbons (Fsp3) is 0.923. The van der Waals surface area contributed by atoms with Crippen molar-refractivity contribution >= 4 is 6.29 Å². The summed E-state index contributed by atoms with van der Waals surface area (Å²) in [5, 5.41) is 0. The van der Waals surface area contributed by atoms with Gasteiger partial charge in [-0.15, -0.1) is 0 Å². The Morgan fingerprint density at radius 1 is 1.07 bits per heavy atom. The largest absolute Gasteiger partial charge is 0.303 e. The Balaban J connectivity index is 2.08. The van der Waals surface area contributed by atoms with E-state index in [1.165, 1.54) is 38.4 Å². The number of aldehydes is 1. The first-order valence-corrected chi connectivity index (χ1v) is 6.17. The van der Waals surface area contributed by atoms with Crippen LogP contribution in [0.1, 0.15) is 46.0 Å². The molecule has 0 aromatic rings. The van der Waals surface area contributed by atoms with E-state index in [4.69, 9.17) is 0 Å². The van der Waals surface area contributed by atoms with E-state index in [1.807, 2.05) is 0 Å². The van der Waals surface area contributed by atoms with Gasteiger partial charge in [0.25, 0.3) is 0 Å². The molecule has 2 saturated carbocycles. The third kappa shape index (κ3) is 1.74. The van der Waals surface area contributed by atoms with Crippen LogP contribution in [0.5, 0.6) is 0 Å². The highest BCUT2D eigenvalue weighted by molar-refractivity contribution is 5.55. The molecular formula is C13H22O. The van der Waals surface area contributed by atoms with Gasteiger partial charge in [0.2, 0.25) is 0 Å². The van der Waals surface area contributed by atoms with Crippen molar-refractivity contribution in [3.8, 4) is 0 Å². The van der Waals surface area contributed by atoms with Gasteiger partial charge in [-0.3, -0.25) is 0 Å². The third-order valence-corrected chi connectivity index (χ3v) is 4.60. The van der Waals surface area contributed by atoms with Crippen LogP contribution in [0.2, 0.25) is 0 Å². The van der Waals surface area contributed by atoms with Crippen molar-refractivity contribution in [2.24, 2.45) is 29.6 Å². The number of carbonyl (C=O) groups is 1. The fourth-order valence-corrected chi connectivity index (χ4v) is 3.69. The van der Waals surface area contributed by atoms with Crippen molar-refractivity contribution in [1.29, 1.82) is 0 Å². The Hall–Kier alpha value is -0.330. The Labute approximate surface area is 87.3 Å². The predicted molar refractivity (Wildman–Crippen MR) is 57.9 cm³/mol. The highest BCUT2D eigenvalue weighted by Gasteiger charge is 2.39. The van der Waals surface area contributed by atoms with E-state index in [2.05, 4.69) is 13.8 Å². The topological polar surface area (TPSA) is 17.1 Å². The molecule has 2 rings (SSSR count). The van der Waals surface area contributed by atoms with Crippen molar-refractivity contribution in [2.75, 3.05) is 0 Å². The average Bonchev–Trinajstić information content (AvgIpc) is 2.18. The zero-order valence-electron chi connectivity index (χ0n) is 9.41. The molecule has 0 radical (unpaired) electrons. The lowest BCUT2D eigenvalue weighted by molar-refractivity contribution is -0.117. The Kier molecular flexibility index (Phi) is 2.94. The molecule has 5 atom stereocenters. The van der Waals surface area contributed by atoms with E-state index in [0.717, 1.165) is 17.8 Å². The van der Waals surface area contributed by atoms with Gasteiger partial charge in [0.15, 0.2) is 0 Å². The van der Waals surface area contributed by atoms with Crippen molar-refractivity contribution in [3.05, 3.63) is 0 Å². The average molecular weight is 194 g/mol. The maximum atomic E-state index is 11.1. The van der Waals surface area contributed by atoms with Crippen LogP contribution < -0.4 is 0 Å². The minimum atomic E-state index is 0.376. The maximum absolute atomic E-state index is 11.1. The van der Waals surface area contributed by atoms with E-state index >= 15 is 0 Å². The SMILES string of the molecule is CC1CCC2C(CCC(C)C2C=O)C1. The second-order valence-electron chi connectivity index (χ2n) is 5.61. The smallest absolute Gasteiger partial charge is 0.123 e. The van der Waals surface area contributed by atoms with Crippen molar-refractivity contribution in [2.45, 2.75) is 46.0 Å². The summed E-state index contributed by atoms with van der Waals surface area (Å²) in [7, 11) is 0. The monoisotopic (exact) mass is 194 g/mol. The molecule has 2 aliphatic carbocycles. The Morgan fingerprint density at radius 3 is 2.57 bits per heavy atom. The molecule has 14 heavy (non-hydrogen) atoms. The molecule has 2 fully saturated rings. The van der Waals surface area contributed by atoms with Gasteiger partial charge in [-0.25, -0.2) is 0 Å². The van der Waals surface area contributed by atoms with Gasteiger partial charge < -0.3 is 4.79 Å². The van der Waals surface area contributed by atoms with Gasteiger partial charge in [-0.2, -0.15) is 0 Å². The first kappa shape index (κ1) is 10.2. The number of rotatable bonds is 1. The quantitative estimate of drug-likeness (QED) is 0.585. The maximum Gasteiger partial charge on any atom is 0.123 e.